The van der Waals surface area contributed by atoms with Crippen molar-refractivity contribution in [3.05, 3.63) is 75.9 Å². The molecule has 3 amide bonds. The summed E-state index contributed by atoms with van der Waals surface area (Å²) in [5.41, 5.74) is 0. The molecular weight excluding hydrogens is 372 g/mol. The summed E-state index contributed by atoms with van der Waals surface area (Å²) >= 11 is 0. The van der Waals surface area contributed by atoms with Crippen LogP contribution >= 0.6 is 0 Å². The van der Waals surface area contributed by atoms with Crippen molar-refractivity contribution in [1.82, 2.24) is 15.1 Å². The van der Waals surface area contributed by atoms with Crippen LogP contribution in [0, 0.1) is 0 Å². The first-order valence-electron chi connectivity index (χ1n) is 8.80. The number of hydrogen-bond acceptors (Lipinski definition) is 5. The Morgan fingerprint density at radius 1 is 0.793 bits per heavy atom. The zero-order chi connectivity index (χ0) is 22.2. The fourth-order valence-corrected chi connectivity index (χ4v) is 3.68. The van der Waals surface area contributed by atoms with Crippen molar-refractivity contribution in [2.24, 2.45) is 0 Å². The van der Waals surface area contributed by atoms with Gasteiger partial charge in [-0.05, 0) is 30.4 Å². The molecule has 0 unspecified atom stereocenters. The SMILES string of the molecule is C=CC[N+](CC=C)(C(=O)C=C)C1(C(=O)C=C)N(C(=O)C=C)CNCN1C(=O)C=C. The Morgan fingerprint density at radius 3 is 1.55 bits per heavy atom. The maximum atomic E-state index is 13.5. The number of hydrogen-bond donors (Lipinski definition) is 1. The van der Waals surface area contributed by atoms with E-state index in [9.17, 15) is 19.2 Å². The van der Waals surface area contributed by atoms with E-state index in [-0.39, 0.29) is 26.4 Å². The molecular formula is C21H27N4O4+. The lowest BCUT2D eigenvalue weighted by Gasteiger charge is -2.58. The zero-order valence-corrected chi connectivity index (χ0v) is 16.5. The first-order valence-corrected chi connectivity index (χ1v) is 8.80. The third-order valence-corrected chi connectivity index (χ3v) is 4.76. The van der Waals surface area contributed by atoms with Crippen LogP contribution in [0.5, 0.6) is 0 Å². The molecule has 8 nitrogen and oxygen atoms in total. The smallest absolute Gasteiger partial charge is 0.283 e. The fraction of sp³-hybridized carbons (Fsp3) is 0.238. The Labute approximate surface area is 171 Å². The summed E-state index contributed by atoms with van der Waals surface area (Å²) in [6, 6.07) is 0. The highest BCUT2D eigenvalue weighted by atomic mass is 16.2. The minimum atomic E-state index is -2.11. The van der Waals surface area contributed by atoms with Crippen LogP contribution in [-0.2, 0) is 19.2 Å². The van der Waals surface area contributed by atoms with Crippen LogP contribution in [0.25, 0.3) is 0 Å². The molecule has 1 saturated heterocycles. The topological polar surface area (TPSA) is 86.8 Å². The highest BCUT2D eigenvalue weighted by Crippen LogP contribution is 2.37. The van der Waals surface area contributed by atoms with Crippen LogP contribution in [0.1, 0.15) is 0 Å². The van der Waals surface area contributed by atoms with Gasteiger partial charge in [-0.1, -0.05) is 39.5 Å². The number of nitrogens with zero attached hydrogens (tertiary/aromatic N) is 3. The summed E-state index contributed by atoms with van der Waals surface area (Å²) < 4.78 is -0.727. The second-order valence-corrected chi connectivity index (χ2v) is 6.16. The number of amides is 3. The minimum absolute atomic E-state index is 0.0989. The van der Waals surface area contributed by atoms with Gasteiger partial charge in [0.15, 0.2) is 0 Å². The Hall–Kier alpha value is -3.36. The van der Waals surface area contributed by atoms with Crippen molar-refractivity contribution in [3.63, 3.8) is 0 Å². The Bertz CT molecular complexity index is 746. The first-order chi connectivity index (χ1) is 13.8. The average Bonchev–Trinajstić information content (AvgIpc) is 2.75. The van der Waals surface area contributed by atoms with Crippen molar-refractivity contribution in [1.29, 1.82) is 0 Å². The van der Waals surface area contributed by atoms with Gasteiger partial charge in [0.1, 0.15) is 13.1 Å². The molecule has 29 heavy (non-hydrogen) atoms. The molecule has 8 heteroatoms. The molecule has 0 aromatic rings. The lowest BCUT2D eigenvalue weighted by Crippen LogP contribution is -2.87. The van der Waals surface area contributed by atoms with Gasteiger partial charge in [0.25, 0.3) is 17.6 Å². The molecule has 1 N–H and O–H groups in total. The van der Waals surface area contributed by atoms with Crippen LogP contribution in [0.15, 0.2) is 75.9 Å². The number of quaternary nitrogens is 1. The maximum absolute atomic E-state index is 13.5. The normalized spacial score (nSPS) is 15.6. The van der Waals surface area contributed by atoms with Gasteiger partial charge in [0.05, 0.1) is 13.3 Å². The van der Waals surface area contributed by atoms with E-state index < -0.39 is 33.8 Å². The number of rotatable bonds is 10. The summed E-state index contributed by atoms with van der Waals surface area (Å²) in [4.78, 5) is 54.6. The first kappa shape index (κ1) is 23.7. The lowest BCUT2D eigenvalue weighted by molar-refractivity contribution is -0.909. The summed E-state index contributed by atoms with van der Waals surface area (Å²) in [5, 5.41) is 2.89. The van der Waals surface area contributed by atoms with Gasteiger partial charge in [0.2, 0.25) is 0 Å². The molecule has 0 radical (unpaired) electrons. The van der Waals surface area contributed by atoms with Crippen LogP contribution in [0.3, 0.4) is 0 Å². The Kier molecular flexibility index (Phi) is 7.94. The second-order valence-electron chi connectivity index (χ2n) is 6.16. The highest BCUT2D eigenvalue weighted by molar-refractivity contribution is 6.05. The number of ketones is 1. The molecule has 154 valence electrons. The van der Waals surface area contributed by atoms with Crippen molar-refractivity contribution in [2.45, 2.75) is 5.79 Å². The van der Waals surface area contributed by atoms with Gasteiger partial charge in [-0.3, -0.25) is 19.7 Å². The van der Waals surface area contributed by atoms with E-state index in [0.717, 1.165) is 34.1 Å². The third-order valence-electron chi connectivity index (χ3n) is 4.76. The molecule has 0 bridgehead atoms. The molecule has 0 atom stereocenters. The van der Waals surface area contributed by atoms with Crippen molar-refractivity contribution < 1.29 is 23.7 Å². The van der Waals surface area contributed by atoms with Crippen LogP contribution in [-0.4, -0.2) is 70.0 Å². The molecule has 0 saturated carbocycles. The van der Waals surface area contributed by atoms with Gasteiger partial charge < -0.3 is 0 Å². The van der Waals surface area contributed by atoms with Crippen molar-refractivity contribution in [3.8, 4) is 0 Å². The quantitative estimate of drug-likeness (QED) is 0.334. The van der Waals surface area contributed by atoms with Gasteiger partial charge in [-0.25, -0.2) is 19.1 Å². The maximum Gasteiger partial charge on any atom is 0.342 e. The molecule has 0 aliphatic carbocycles. The van der Waals surface area contributed by atoms with E-state index in [4.69, 9.17) is 0 Å². The van der Waals surface area contributed by atoms with Crippen LogP contribution < -0.4 is 5.32 Å². The van der Waals surface area contributed by atoms with Crippen LogP contribution in [0.2, 0.25) is 0 Å². The number of carbonyl (C=O) groups excluding carboxylic acids is 4. The molecule has 1 aliphatic heterocycles. The molecule has 0 spiro atoms. The predicted octanol–water partition coefficient (Wildman–Crippen LogP) is 0.844. The Balaban J connectivity index is 4.23. The van der Waals surface area contributed by atoms with Gasteiger partial charge in [-0.15, -0.1) is 0 Å². The monoisotopic (exact) mass is 399 g/mol. The average molecular weight is 399 g/mol. The lowest BCUT2D eigenvalue weighted by atomic mass is 10.00. The van der Waals surface area contributed by atoms with Gasteiger partial charge in [0, 0.05) is 6.08 Å². The van der Waals surface area contributed by atoms with Gasteiger partial charge >= 0.3 is 11.7 Å². The third kappa shape index (κ3) is 3.55. The predicted molar refractivity (Wildman–Crippen MR) is 110 cm³/mol. The number of carbonyl (C=O) groups is 4. The van der Waals surface area contributed by atoms with E-state index in [2.05, 4.69) is 44.8 Å². The van der Waals surface area contributed by atoms with E-state index >= 15 is 0 Å². The highest BCUT2D eigenvalue weighted by Gasteiger charge is 2.69. The molecule has 0 aromatic carbocycles. The molecule has 1 heterocycles. The zero-order valence-electron chi connectivity index (χ0n) is 16.5. The standard InChI is InChI=1S/C21H27N4O4/c1-7-13-25(14-8-2,20(29)12-6)21(17(26)9-3)23(18(27)10-4)15-22-16-24(21)19(28)11-5/h7-12,22H,1-6,13-16H2/q+1. The molecule has 1 rings (SSSR count). The molecule has 1 fully saturated rings. The van der Waals surface area contributed by atoms with Crippen molar-refractivity contribution in [2.75, 3.05) is 26.4 Å². The van der Waals surface area contributed by atoms with E-state index in [1.807, 2.05) is 0 Å². The van der Waals surface area contributed by atoms with Gasteiger partial charge in [-0.2, -0.15) is 0 Å². The summed E-state index contributed by atoms with van der Waals surface area (Å²) in [6.07, 6.45) is 6.89. The fourth-order valence-electron chi connectivity index (χ4n) is 3.68. The summed E-state index contributed by atoms with van der Waals surface area (Å²) in [5.74, 6) is -4.78. The summed E-state index contributed by atoms with van der Waals surface area (Å²) in [7, 11) is 0. The molecule has 0 aromatic heterocycles. The second kappa shape index (κ2) is 9.72. The van der Waals surface area contributed by atoms with E-state index in [0.29, 0.717) is 0 Å². The minimum Gasteiger partial charge on any atom is -0.283 e. The molecule has 1 aliphatic rings. The Morgan fingerprint density at radius 2 is 1.24 bits per heavy atom. The van der Waals surface area contributed by atoms with E-state index in [1.165, 1.54) is 12.2 Å². The van der Waals surface area contributed by atoms with Crippen LogP contribution in [0.4, 0.5) is 0 Å². The van der Waals surface area contributed by atoms with E-state index in [1.54, 1.807) is 0 Å². The number of nitrogens with one attached hydrogen (secondary N) is 1. The van der Waals surface area contributed by atoms with Crippen molar-refractivity contribution >= 4 is 23.5 Å². The summed E-state index contributed by atoms with van der Waals surface area (Å²) in [6.45, 7) is 21.0. The largest absolute Gasteiger partial charge is 0.342 e.